The number of carbonyl (C=O) groups excluding carboxylic acids is 1. The van der Waals surface area contributed by atoms with Gasteiger partial charge in [-0.3, -0.25) is 4.79 Å². The Bertz CT molecular complexity index is 501. The van der Waals surface area contributed by atoms with Gasteiger partial charge < -0.3 is 20.5 Å². The Balaban J connectivity index is 2.34. The van der Waals surface area contributed by atoms with E-state index in [1.807, 2.05) is 26.0 Å². The normalized spacial score (nSPS) is 10.0. The molecule has 0 heterocycles. The summed E-state index contributed by atoms with van der Waals surface area (Å²) in [6, 6.07) is 7.23. The quantitative estimate of drug-likeness (QED) is 0.503. The minimum atomic E-state index is -0.129. The van der Waals surface area contributed by atoms with E-state index in [0.717, 1.165) is 5.69 Å². The van der Waals surface area contributed by atoms with E-state index >= 15 is 0 Å². The van der Waals surface area contributed by atoms with Crippen LogP contribution in [0.3, 0.4) is 0 Å². The van der Waals surface area contributed by atoms with Crippen LogP contribution in [0.25, 0.3) is 0 Å². The van der Waals surface area contributed by atoms with E-state index in [1.54, 1.807) is 12.1 Å². The molecule has 0 spiro atoms. The van der Waals surface area contributed by atoms with Crippen molar-refractivity contribution in [1.82, 2.24) is 5.32 Å². The van der Waals surface area contributed by atoms with Crippen LogP contribution in [-0.4, -0.2) is 43.9 Å². The minimum Gasteiger partial charge on any atom is -0.394 e. The summed E-state index contributed by atoms with van der Waals surface area (Å²) in [6.07, 6.45) is 0. The number of anilines is 1. The Kier molecular flexibility index (Phi) is 8.73. The van der Waals surface area contributed by atoms with Gasteiger partial charge in [0.05, 0.1) is 26.4 Å². The van der Waals surface area contributed by atoms with E-state index < -0.39 is 0 Å². The molecule has 0 bridgehead atoms. The highest BCUT2D eigenvalue weighted by molar-refractivity contribution is 5.94. The van der Waals surface area contributed by atoms with Gasteiger partial charge in [0.25, 0.3) is 5.91 Å². The van der Waals surface area contributed by atoms with Gasteiger partial charge in [-0.25, -0.2) is 0 Å². The van der Waals surface area contributed by atoms with Gasteiger partial charge in [0.2, 0.25) is 0 Å². The second kappa shape index (κ2) is 10.7. The molecule has 120 valence electrons. The van der Waals surface area contributed by atoms with Crippen LogP contribution in [0.2, 0.25) is 0 Å². The van der Waals surface area contributed by atoms with Gasteiger partial charge in [-0.2, -0.15) is 0 Å². The number of nitrogens with one attached hydrogen (secondary N) is 2. The molecule has 5 nitrogen and oxygen atoms in total. The summed E-state index contributed by atoms with van der Waals surface area (Å²) < 4.78 is 5.15. The van der Waals surface area contributed by atoms with Crippen LogP contribution in [0, 0.1) is 17.8 Å². The predicted molar refractivity (Wildman–Crippen MR) is 87.8 cm³/mol. The smallest absolute Gasteiger partial charge is 0.252 e. The number of carbonyl (C=O) groups is 1. The number of rotatable bonds is 8. The van der Waals surface area contributed by atoms with Crippen molar-refractivity contribution in [2.75, 3.05) is 38.2 Å². The highest BCUT2D eigenvalue weighted by Crippen LogP contribution is 2.09. The van der Waals surface area contributed by atoms with Crippen molar-refractivity contribution >= 4 is 11.6 Å². The molecular formula is C17H24N2O3. The summed E-state index contributed by atoms with van der Waals surface area (Å²) in [5.41, 5.74) is 1.53. The van der Waals surface area contributed by atoms with Crippen molar-refractivity contribution < 1.29 is 14.6 Å². The van der Waals surface area contributed by atoms with Crippen molar-refractivity contribution in [3.63, 3.8) is 0 Å². The maximum absolute atomic E-state index is 11.9. The Morgan fingerprint density at radius 1 is 1.27 bits per heavy atom. The highest BCUT2D eigenvalue weighted by Gasteiger charge is 2.03. The summed E-state index contributed by atoms with van der Waals surface area (Å²) >= 11 is 0. The van der Waals surface area contributed by atoms with Crippen LogP contribution in [0.4, 0.5) is 5.69 Å². The third-order valence-electron chi connectivity index (χ3n) is 2.69. The molecule has 0 atom stereocenters. The van der Waals surface area contributed by atoms with Crippen LogP contribution in [0.15, 0.2) is 24.3 Å². The molecule has 5 heteroatoms. The number of ether oxygens (including phenoxy) is 1. The summed E-state index contributed by atoms with van der Waals surface area (Å²) in [5, 5.41) is 14.5. The van der Waals surface area contributed by atoms with Gasteiger partial charge in [0.1, 0.15) is 0 Å². The van der Waals surface area contributed by atoms with Crippen LogP contribution < -0.4 is 10.6 Å². The summed E-state index contributed by atoms with van der Waals surface area (Å²) in [7, 11) is 0. The molecule has 1 aromatic rings. The SMILES string of the molecule is CC(C)C#CCNC(=O)c1ccc(NCCOCCO)cc1. The predicted octanol–water partition coefficient (Wildman–Crippen LogP) is 1.50. The van der Waals surface area contributed by atoms with E-state index in [-0.39, 0.29) is 12.5 Å². The van der Waals surface area contributed by atoms with E-state index in [9.17, 15) is 4.79 Å². The Labute approximate surface area is 132 Å². The number of hydrogen-bond donors (Lipinski definition) is 3. The van der Waals surface area contributed by atoms with Crippen LogP contribution >= 0.6 is 0 Å². The molecule has 22 heavy (non-hydrogen) atoms. The zero-order valence-corrected chi connectivity index (χ0v) is 13.2. The molecule has 0 radical (unpaired) electrons. The van der Waals surface area contributed by atoms with Gasteiger partial charge in [-0.15, -0.1) is 0 Å². The molecule has 0 unspecified atom stereocenters. The van der Waals surface area contributed by atoms with Crippen molar-refractivity contribution in [2.24, 2.45) is 5.92 Å². The third-order valence-corrected chi connectivity index (χ3v) is 2.69. The monoisotopic (exact) mass is 304 g/mol. The largest absolute Gasteiger partial charge is 0.394 e. The van der Waals surface area contributed by atoms with E-state index in [4.69, 9.17) is 9.84 Å². The molecule has 1 aromatic carbocycles. The zero-order valence-electron chi connectivity index (χ0n) is 13.2. The van der Waals surface area contributed by atoms with Crippen molar-refractivity contribution in [2.45, 2.75) is 13.8 Å². The second-order valence-corrected chi connectivity index (χ2v) is 5.00. The average Bonchev–Trinajstić information content (AvgIpc) is 2.51. The first-order chi connectivity index (χ1) is 10.6. The Morgan fingerprint density at radius 2 is 2.00 bits per heavy atom. The van der Waals surface area contributed by atoms with Crippen LogP contribution in [0.1, 0.15) is 24.2 Å². The van der Waals surface area contributed by atoms with E-state index in [1.165, 1.54) is 0 Å². The lowest BCUT2D eigenvalue weighted by atomic mass is 10.2. The summed E-state index contributed by atoms with van der Waals surface area (Å²) in [6.45, 7) is 5.93. The first-order valence-electron chi connectivity index (χ1n) is 7.42. The van der Waals surface area contributed by atoms with Crippen LogP contribution in [0.5, 0.6) is 0 Å². The number of aliphatic hydroxyl groups is 1. The van der Waals surface area contributed by atoms with Gasteiger partial charge >= 0.3 is 0 Å². The van der Waals surface area contributed by atoms with E-state index in [0.29, 0.717) is 37.8 Å². The van der Waals surface area contributed by atoms with Crippen molar-refractivity contribution in [3.05, 3.63) is 29.8 Å². The second-order valence-electron chi connectivity index (χ2n) is 5.00. The molecule has 3 N–H and O–H groups in total. The first kappa shape index (κ1) is 18.0. The fourth-order valence-corrected chi connectivity index (χ4v) is 1.66. The lowest BCUT2D eigenvalue weighted by Crippen LogP contribution is -2.23. The number of aliphatic hydroxyl groups excluding tert-OH is 1. The van der Waals surface area contributed by atoms with Gasteiger partial charge in [0.15, 0.2) is 0 Å². The molecule has 0 saturated carbocycles. The van der Waals surface area contributed by atoms with Gasteiger partial charge in [-0.05, 0) is 24.3 Å². The lowest BCUT2D eigenvalue weighted by Gasteiger charge is -2.07. The number of benzene rings is 1. The molecule has 0 saturated heterocycles. The summed E-state index contributed by atoms with van der Waals surface area (Å²) in [5.74, 6) is 6.09. The average molecular weight is 304 g/mol. The lowest BCUT2D eigenvalue weighted by molar-refractivity contribution is 0.0958. The molecule has 0 aromatic heterocycles. The molecule has 1 rings (SSSR count). The van der Waals surface area contributed by atoms with E-state index in [2.05, 4.69) is 22.5 Å². The maximum atomic E-state index is 11.9. The maximum Gasteiger partial charge on any atom is 0.252 e. The molecular weight excluding hydrogens is 280 g/mol. The van der Waals surface area contributed by atoms with Gasteiger partial charge in [0, 0.05) is 23.7 Å². The highest BCUT2D eigenvalue weighted by atomic mass is 16.5. The molecule has 1 amide bonds. The van der Waals surface area contributed by atoms with Crippen LogP contribution in [-0.2, 0) is 4.74 Å². The Morgan fingerprint density at radius 3 is 2.64 bits per heavy atom. The number of hydrogen-bond acceptors (Lipinski definition) is 4. The van der Waals surface area contributed by atoms with Crippen molar-refractivity contribution in [1.29, 1.82) is 0 Å². The van der Waals surface area contributed by atoms with Crippen molar-refractivity contribution in [3.8, 4) is 11.8 Å². The molecule has 0 aliphatic carbocycles. The Hall–Kier alpha value is -2.03. The number of amides is 1. The summed E-state index contributed by atoms with van der Waals surface area (Å²) in [4.78, 5) is 11.9. The standard InChI is InChI=1S/C17H24N2O3/c1-14(2)4-3-9-19-17(21)15-5-7-16(8-6-15)18-10-12-22-13-11-20/h5-8,14,18,20H,9-13H2,1-2H3,(H,19,21). The molecule has 0 fully saturated rings. The topological polar surface area (TPSA) is 70.6 Å². The van der Waals surface area contributed by atoms with Gasteiger partial charge in [-0.1, -0.05) is 25.7 Å². The minimum absolute atomic E-state index is 0.0331. The molecule has 0 aliphatic heterocycles. The fourth-order valence-electron chi connectivity index (χ4n) is 1.66. The first-order valence-corrected chi connectivity index (χ1v) is 7.42. The fraction of sp³-hybridized carbons (Fsp3) is 0.471. The zero-order chi connectivity index (χ0) is 16.2. The third kappa shape index (κ3) is 7.67. The molecule has 0 aliphatic rings.